The standard InChI is InChI=1S/C15H21N3O2/c1-10(14-9-17-18(3)11(14)2)16-8-12-5-6-13(20-4)7-15(12)19/h5-7,9-10,16,19H,8H2,1-4H3. The first-order valence-electron chi connectivity index (χ1n) is 6.60. The van der Waals surface area contributed by atoms with Gasteiger partial charge in [0.15, 0.2) is 0 Å². The highest BCUT2D eigenvalue weighted by Gasteiger charge is 2.12. The normalized spacial score (nSPS) is 12.4. The smallest absolute Gasteiger partial charge is 0.123 e. The molecule has 0 spiro atoms. The Labute approximate surface area is 119 Å². The van der Waals surface area contributed by atoms with Crippen molar-refractivity contribution in [3.8, 4) is 11.5 Å². The number of benzene rings is 1. The second kappa shape index (κ2) is 5.96. The summed E-state index contributed by atoms with van der Waals surface area (Å²) in [6.45, 7) is 4.72. The lowest BCUT2D eigenvalue weighted by molar-refractivity contribution is 0.405. The third-order valence-electron chi connectivity index (χ3n) is 3.63. The average molecular weight is 275 g/mol. The molecule has 0 aliphatic carbocycles. The van der Waals surface area contributed by atoms with E-state index >= 15 is 0 Å². The summed E-state index contributed by atoms with van der Waals surface area (Å²) in [5.41, 5.74) is 3.16. The molecule has 0 bridgehead atoms. The molecule has 5 heteroatoms. The van der Waals surface area contributed by atoms with Crippen LogP contribution in [0.5, 0.6) is 11.5 Å². The monoisotopic (exact) mass is 275 g/mol. The molecule has 1 unspecified atom stereocenters. The van der Waals surface area contributed by atoms with Crippen molar-refractivity contribution in [3.05, 3.63) is 41.2 Å². The average Bonchev–Trinajstić information content (AvgIpc) is 2.77. The number of nitrogens with zero attached hydrogens (tertiary/aromatic N) is 2. The van der Waals surface area contributed by atoms with Gasteiger partial charge in [-0.05, 0) is 19.9 Å². The van der Waals surface area contributed by atoms with Gasteiger partial charge < -0.3 is 15.2 Å². The Morgan fingerprint density at radius 3 is 2.75 bits per heavy atom. The number of hydrogen-bond donors (Lipinski definition) is 2. The zero-order valence-corrected chi connectivity index (χ0v) is 12.3. The zero-order chi connectivity index (χ0) is 14.7. The summed E-state index contributed by atoms with van der Waals surface area (Å²) in [5, 5.41) is 17.6. The van der Waals surface area contributed by atoms with E-state index in [0.717, 1.165) is 11.3 Å². The first kappa shape index (κ1) is 14.4. The number of phenols is 1. The maximum absolute atomic E-state index is 9.93. The second-order valence-electron chi connectivity index (χ2n) is 4.91. The number of aromatic hydroxyl groups is 1. The predicted molar refractivity (Wildman–Crippen MR) is 77.9 cm³/mol. The summed E-state index contributed by atoms with van der Waals surface area (Å²) in [4.78, 5) is 0. The number of rotatable bonds is 5. The molecule has 0 saturated carbocycles. The quantitative estimate of drug-likeness (QED) is 0.879. The largest absolute Gasteiger partial charge is 0.507 e. The van der Waals surface area contributed by atoms with E-state index in [1.54, 1.807) is 13.2 Å². The molecule has 5 nitrogen and oxygen atoms in total. The molecule has 2 rings (SSSR count). The van der Waals surface area contributed by atoms with Crippen molar-refractivity contribution >= 4 is 0 Å². The van der Waals surface area contributed by atoms with E-state index in [9.17, 15) is 5.11 Å². The molecule has 1 atom stereocenters. The molecule has 0 radical (unpaired) electrons. The number of phenolic OH excluding ortho intramolecular Hbond substituents is 1. The van der Waals surface area contributed by atoms with Gasteiger partial charge in [0.05, 0.1) is 13.3 Å². The predicted octanol–water partition coefficient (Wildman–Crippen LogP) is 2.29. The van der Waals surface area contributed by atoms with Crippen LogP contribution in [0, 0.1) is 6.92 Å². The lowest BCUT2D eigenvalue weighted by Gasteiger charge is -2.14. The van der Waals surface area contributed by atoms with Crippen LogP contribution in [-0.4, -0.2) is 22.0 Å². The van der Waals surface area contributed by atoms with Crippen LogP contribution in [0.3, 0.4) is 0 Å². The highest BCUT2D eigenvalue weighted by Crippen LogP contribution is 2.24. The molecule has 2 N–H and O–H groups in total. The molecule has 2 aromatic rings. The van der Waals surface area contributed by atoms with Crippen molar-refractivity contribution in [2.24, 2.45) is 7.05 Å². The van der Waals surface area contributed by atoms with Crippen LogP contribution in [0.1, 0.15) is 29.8 Å². The topological polar surface area (TPSA) is 59.3 Å². The van der Waals surface area contributed by atoms with Crippen molar-refractivity contribution in [2.75, 3.05) is 7.11 Å². The minimum atomic E-state index is 0.171. The molecule has 108 valence electrons. The first-order chi connectivity index (χ1) is 9.52. The van der Waals surface area contributed by atoms with E-state index in [-0.39, 0.29) is 11.8 Å². The van der Waals surface area contributed by atoms with Gasteiger partial charge in [-0.15, -0.1) is 0 Å². The van der Waals surface area contributed by atoms with E-state index in [1.165, 1.54) is 5.56 Å². The third kappa shape index (κ3) is 2.93. The Morgan fingerprint density at radius 1 is 1.45 bits per heavy atom. The molecule has 1 aromatic heterocycles. The molecule has 0 fully saturated rings. The summed E-state index contributed by atoms with van der Waals surface area (Å²) < 4.78 is 6.93. The lowest BCUT2D eigenvalue weighted by atomic mass is 10.1. The number of hydrogen-bond acceptors (Lipinski definition) is 4. The number of methoxy groups -OCH3 is 1. The Bertz CT molecular complexity index is 593. The highest BCUT2D eigenvalue weighted by molar-refractivity contribution is 5.39. The molecular formula is C15H21N3O2. The van der Waals surface area contributed by atoms with Crippen molar-refractivity contribution in [1.29, 1.82) is 0 Å². The van der Waals surface area contributed by atoms with Crippen LogP contribution in [0.15, 0.2) is 24.4 Å². The lowest BCUT2D eigenvalue weighted by Crippen LogP contribution is -2.18. The SMILES string of the molecule is COc1ccc(CNC(C)c2cnn(C)c2C)c(O)c1. The van der Waals surface area contributed by atoms with Gasteiger partial charge in [-0.3, -0.25) is 4.68 Å². The van der Waals surface area contributed by atoms with Gasteiger partial charge in [0.1, 0.15) is 11.5 Å². The van der Waals surface area contributed by atoms with Gasteiger partial charge in [0.2, 0.25) is 0 Å². The number of nitrogens with one attached hydrogen (secondary N) is 1. The molecule has 0 saturated heterocycles. The van der Waals surface area contributed by atoms with Gasteiger partial charge in [0.25, 0.3) is 0 Å². The number of aromatic nitrogens is 2. The van der Waals surface area contributed by atoms with Gasteiger partial charge in [-0.25, -0.2) is 0 Å². The van der Waals surface area contributed by atoms with E-state index in [2.05, 4.69) is 17.3 Å². The fraction of sp³-hybridized carbons (Fsp3) is 0.400. The molecule has 20 heavy (non-hydrogen) atoms. The molecular weight excluding hydrogens is 254 g/mol. The minimum Gasteiger partial charge on any atom is -0.507 e. The Morgan fingerprint density at radius 2 is 2.20 bits per heavy atom. The zero-order valence-electron chi connectivity index (χ0n) is 12.3. The minimum absolute atomic E-state index is 0.171. The van der Waals surface area contributed by atoms with Crippen LogP contribution < -0.4 is 10.1 Å². The van der Waals surface area contributed by atoms with E-state index in [0.29, 0.717) is 12.3 Å². The maximum Gasteiger partial charge on any atom is 0.123 e. The Hall–Kier alpha value is -2.01. The fourth-order valence-electron chi connectivity index (χ4n) is 2.13. The summed E-state index contributed by atoms with van der Waals surface area (Å²) >= 11 is 0. The summed E-state index contributed by atoms with van der Waals surface area (Å²) in [6.07, 6.45) is 1.88. The van der Waals surface area contributed by atoms with E-state index in [1.807, 2.05) is 37.0 Å². The Kier molecular flexibility index (Phi) is 4.29. The van der Waals surface area contributed by atoms with E-state index < -0.39 is 0 Å². The number of aryl methyl sites for hydroxylation is 1. The van der Waals surface area contributed by atoms with Crippen LogP contribution in [0.2, 0.25) is 0 Å². The van der Waals surface area contributed by atoms with Crippen LogP contribution in [0.25, 0.3) is 0 Å². The summed E-state index contributed by atoms with van der Waals surface area (Å²) in [5.74, 6) is 0.898. The molecule has 0 aliphatic rings. The summed E-state index contributed by atoms with van der Waals surface area (Å²) in [7, 11) is 3.51. The Balaban J connectivity index is 2.03. The molecule has 1 aromatic carbocycles. The van der Waals surface area contributed by atoms with E-state index in [4.69, 9.17) is 4.74 Å². The molecule has 0 aliphatic heterocycles. The van der Waals surface area contributed by atoms with Crippen molar-refractivity contribution in [1.82, 2.24) is 15.1 Å². The van der Waals surface area contributed by atoms with Gasteiger partial charge in [-0.1, -0.05) is 6.07 Å². The van der Waals surface area contributed by atoms with Gasteiger partial charge >= 0.3 is 0 Å². The van der Waals surface area contributed by atoms with Crippen LogP contribution in [-0.2, 0) is 13.6 Å². The molecule has 0 amide bonds. The fourth-order valence-corrected chi connectivity index (χ4v) is 2.13. The van der Waals surface area contributed by atoms with Crippen molar-refractivity contribution in [3.63, 3.8) is 0 Å². The first-order valence-corrected chi connectivity index (χ1v) is 6.60. The van der Waals surface area contributed by atoms with Crippen molar-refractivity contribution < 1.29 is 9.84 Å². The molecule has 1 heterocycles. The number of ether oxygens (including phenoxy) is 1. The van der Waals surface area contributed by atoms with Gasteiger partial charge in [-0.2, -0.15) is 5.10 Å². The maximum atomic E-state index is 9.93. The summed E-state index contributed by atoms with van der Waals surface area (Å²) in [6, 6.07) is 5.50. The second-order valence-corrected chi connectivity index (χ2v) is 4.91. The van der Waals surface area contributed by atoms with Crippen molar-refractivity contribution in [2.45, 2.75) is 26.4 Å². The highest BCUT2D eigenvalue weighted by atomic mass is 16.5. The van der Waals surface area contributed by atoms with Crippen LogP contribution >= 0.6 is 0 Å². The third-order valence-corrected chi connectivity index (χ3v) is 3.63. The van der Waals surface area contributed by atoms with Crippen LogP contribution in [0.4, 0.5) is 0 Å². The van der Waals surface area contributed by atoms with Gasteiger partial charge in [0, 0.05) is 42.5 Å².